The number of aryl methyl sites for hydroxylation is 1. The number of nitrogens with zero attached hydrogens (tertiary/aromatic N) is 2. The third-order valence-corrected chi connectivity index (χ3v) is 7.91. The van der Waals surface area contributed by atoms with Gasteiger partial charge in [0.25, 0.3) is 10.0 Å². The van der Waals surface area contributed by atoms with Crippen molar-refractivity contribution in [2.75, 3.05) is 0 Å². The van der Waals surface area contributed by atoms with Crippen molar-refractivity contribution in [2.24, 2.45) is 0 Å². The quantitative estimate of drug-likeness (QED) is 0.613. The Morgan fingerprint density at radius 3 is 2.59 bits per heavy atom. The van der Waals surface area contributed by atoms with Crippen LogP contribution in [-0.2, 0) is 21.2 Å². The highest BCUT2D eigenvalue weighted by Gasteiger charge is 2.46. The molecule has 1 N–H and O–H groups in total. The Morgan fingerprint density at radius 2 is 1.94 bits per heavy atom. The van der Waals surface area contributed by atoms with Gasteiger partial charge in [0.1, 0.15) is 11.9 Å². The van der Waals surface area contributed by atoms with E-state index in [1.165, 1.54) is 24.3 Å². The van der Waals surface area contributed by atoms with Crippen molar-refractivity contribution >= 4 is 27.5 Å². The molecule has 3 aromatic rings. The number of carbonyl (C=O) groups excluding carboxylic acids is 1. The van der Waals surface area contributed by atoms with Crippen LogP contribution in [-0.4, -0.2) is 28.8 Å². The maximum atomic E-state index is 14.9. The van der Waals surface area contributed by atoms with Gasteiger partial charge >= 0.3 is 5.76 Å². The number of nitrogens with one attached hydrogen (secondary N) is 1. The van der Waals surface area contributed by atoms with Crippen LogP contribution in [0.4, 0.5) is 4.39 Å². The van der Waals surface area contributed by atoms with Gasteiger partial charge in [0.2, 0.25) is 11.8 Å². The number of aromatic amines is 1. The summed E-state index contributed by atoms with van der Waals surface area (Å²) in [7, 11) is -4.39. The van der Waals surface area contributed by atoms with E-state index in [-0.39, 0.29) is 28.3 Å². The molecule has 2 aromatic carbocycles. The standard InChI is InChI=1S/C21H19ClFN3O5S/c1-10-4-6-15(23)18(11(10)2)12(3)19(20-24-25-21(28)31-20)26-17(27)9-13-8-14(22)5-7-16(13)32(26,29)30/h4-8,12,19H,9H2,1-3H3,(H,25,28)/t12?,19-/m0/s1. The molecule has 2 heterocycles. The highest BCUT2D eigenvalue weighted by atomic mass is 35.5. The van der Waals surface area contributed by atoms with Gasteiger partial charge in [0, 0.05) is 10.9 Å². The summed E-state index contributed by atoms with van der Waals surface area (Å²) in [4.78, 5) is 24.7. The van der Waals surface area contributed by atoms with Gasteiger partial charge in [-0.1, -0.05) is 24.6 Å². The van der Waals surface area contributed by atoms with Gasteiger partial charge in [0.05, 0.1) is 11.3 Å². The lowest BCUT2D eigenvalue weighted by Crippen LogP contribution is -2.46. The molecule has 168 valence electrons. The summed E-state index contributed by atoms with van der Waals surface area (Å²) in [5.41, 5.74) is 1.83. The first-order valence-corrected chi connectivity index (χ1v) is 11.5. The Kier molecular flexibility index (Phi) is 5.46. The summed E-state index contributed by atoms with van der Waals surface area (Å²) < 4.78 is 47.7. The summed E-state index contributed by atoms with van der Waals surface area (Å²) in [5.74, 6) is -3.52. The summed E-state index contributed by atoms with van der Waals surface area (Å²) >= 11 is 5.97. The second kappa shape index (κ2) is 7.86. The maximum Gasteiger partial charge on any atom is 0.434 e. The number of benzene rings is 2. The fourth-order valence-electron chi connectivity index (χ4n) is 4.13. The van der Waals surface area contributed by atoms with Crippen molar-refractivity contribution in [1.29, 1.82) is 0 Å². The van der Waals surface area contributed by atoms with Gasteiger partial charge < -0.3 is 4.42 Å². The number of halogens is 2. The minimum atomic E-state index is -4.39. The second-order valence-corrected chi connectivity index (χ2v) is 9.93. The lowest BCUT2D eigenvalue weighted by molar-refractivity contribution is -0.128. The number of aromatic nitrogens is 2. The number of sulfonamides is 1. The monoisotopic (exact) mass is 479 g/mol. The smallest absolute Gasteiger partial charge is 0.390 e. The van der Waals surface area contributed by atoms with Gasteiger partial charge in [-0.25, -0.2) is 27.0 Å². The second-order valence-electron chi connectivity index (χ2n) is 7.71. The molecule has 1 amide bonds. The molecule has 0 saturated carbocycles. The van der Waals surface area contributed by atoms with Crippen LogP contribution in [0.25, 0.3) is 0 Å². The molecule has 0 fully saturated rings. The maximum absolute atomic E-state index is 14.9. The Hall–Kier alpha value is -2.98. The molecule has 32 heavy (non-hydrogen) atoms. The van der Waals surface area contributed by atoms with Crippen LogP contribution < -0.4 is 5.76 Å². The summed E-state index contributed by atoms with van der Waals surface area (Å²) in [6.45, 7) is 5.05. The molecular weight excluding hydrogens is 461 g/mol. The topological polar surface area (TPSA) is 113 Å². The number of H-pyrrole nitrogens is 1. The number of hydrogen-bond donors (Lipinski definition) is 1. The van der Waals surface area contributed by atoms with Crippen LogP contribution in [0.2, 0.25) is 5.02 Å². The molecule has 0 bridgehead atoms. The molecule has 0 spiro atoms. The van der Waals surface area contributed by atoms with Gasteiger partial charge in [-0.3, -0.25) is 4.79 Å². The highest BCUT2D eigenvalue weighted by molar-refractivity contribution is 7.89. The molecule has 11 heteroatoms. The van der Waals surface area contributed by atoms with Crippen LogP contribution >= 0.6 is 11.6 Å². The minimum absolute atomic E-state index is 0.0991. The molecular formula is C21H19ClFN3O5S. The number of fused-ring (bicyclic) bond motifs is 1. The zero-order valence-electron chi connectivity index (χ0n) is 17.3. The van der Waals surface area contributed by atoms with Crippen molar-refractivity contribution in [2.45, 2.75) is 44.0 Å². The predicted octanol–water partition coefficient (Wildman–Crippen LogP) is 3.39. The summed E-state index contributed by atoms with van der Waals surface area (Å²) in [6.07, 6.45) is -0.248. The molecule has 0 saturated heterocycles. The van der Waals surface area contributed by atoms with Gasteiger partial charge in [-0.2, -0.15) is 0 Å². The van der Waals surface area contributed by atoms with Crippen molar-refractivity contribution in [1.82, 2.24) is 14.5 Å². The number of hydrogen-bond acceptors (Lipinski definition) is 6. The van der Waals surface area contributed by atoms with E-state index in [1.807, 2.05) is 0 Å². The molecule has 8 nitrogen and oxygen atoms in total. The van der Waals surface area contributed by atoms with E-state index < -0.39 is 39.5 Å². The van der Waals surface area contributed by atoms with E-state index in [4.69, 9.17) is 16.0 Å². The lowest BCUT2D eigenvalue weighted by Gasteiger charge is -2.36. The third-order valence-electron chi connectivity index (χ3n) is 5.77. The Morgan fingerprint density at radius 1 is 1.22 bits per heavy atom. The predicted molar refractivity (Wildman–Crippen MR) is 113 cm³/mol. The normalized spacial score (nSPS) is 17.2. The number of carbonyl (C=O) groups is 1. The van der Waals surface area contributed by atoms with E-state index in [9.17, 15) is 22.4 Å². The van der Waals surface area contributed by atoms with Crippen molar-refractivity contribution in [3.63, 3.8) is 0 Å². The molecule has 0 radical (unpaired) electrons. The average molecular weight is 480 g/mol. The summed E-state index contributed by atoms with van der Waals surface area (Å²) in [6, 6.07) is 5.62. The summed E-state index contributed by atoms with van der Waals surface area (Å²) in [5, 5.41) is 6.16. The van der Waals surface area contributed by atoms with Gasteiger partial charge in [-0.15, -0.1) is 5.10 Å². The molecule has 0 aliphatic carbocycles. The number of amides is 1. The van der Waals surface area contributed by atoms with Crippen molar-refractivity contribution in [3.05, 3.63) is 79.9 Å². The highest BCUT2D eigenvalue weighted by Crippen LogP contribution is 2.43. The third kappa shape index (κ3) is 3.53. The van der Waals surface area contributed by atoms with Crippen molar-refractivity contribution in [3.8, 4) is 0 Å². The average Bonchev–Trinajstić information content (AvgIpc) is 3.13. The fourth-order valence-corrected chi connectivity index (χ4v) is 6.14. The van der Waals surface area contributed by atoms with Crippen LogP contribution in [0.1, 0.15) is 47.0 Å². The van der Waals surface area contributed by atoms with Crippen LogP contribution in [0, 0.1) is 19.7 Å². The van der Waals surface area contributed by atoms with E-state index in [0.717, 1.165) is 5.56 Å². The van der Waals surface area contributed by atoms with E-state index in [1.54, 1.807) is 26.8 Å². The fraction of sp³-hybridized carbons (Fsp3) is 0.286. The van der Waals surface area contributed by atoms with E-state index in [2.05, 4.69) is 10.2 Å². The lowest BCUT2D eigenvalue weighted by atomic mass is 9.87. The first kappa shape index (κ1) is 22.2. The Bertz CT molecular complexity index is 1400. The van der Waals surface area contributed by atoms with Crippen LogP contribution in [0.15, 0.2) is 44.4 Å². The van der Waals surface area contributed by atoms with E-state index in [0.29, 0.717) is 14.9 Å². The first-order chi connectivity index (χ1) is 15.0. The minimum Gasteiger partial charge on any atom is -0.390 e. The zero-order chi connectivity index (χ0) is 23.4. The largest absolute Gasteiger partial charge is 0.434 e. The number of rotatable bonds is 4. The molecule has 1 aromatic heterocycles. The van der Waals surface area contributed by atoms with Gasteiger partial charge in [0.15, 0.2) is 0 Å². The van der Waals surface area contributed by atoms with Crippen LogP contribution in [0.5, 0.6) is 0 Å². The Labute approximate surface area is 188 Å². The molecule has 1 unspecified atom stereocenters. The molecule has 4 rings (SSSR count). The molecule has 2 atom stereocenters. The van der Waals surface area contributed by atoms with E-state index >= 15 is 0 Å². The SMILES string of the molecule is Cc1ccc(F)c(C(C)[C@@H](c2n[nH]c(=O)o2)N2C(=O)Cc3cc(Cl)ccc3S2(=O)=O)c1C. The first-order valence-electron chi connectivity index (χ1n) is 9.69. The van der Waals surface area contributed by atoms with Gasteiger partial charge in [-0.05, 0) is 60.4 Å². The molecule has 1 aliphatic heterocycles. The Balaban J connectivity index is 1.95. The van der Waals surface area contributed by atoms with Crippen LogP contribution in [0.3, 0.4) is 0 Å². The molecule has 1 aliphatic rings. The van der Waals surface area contributed by atoms with Crippen molar-refractivity contribution < 1.29 is 22.0 Å². The zero-order valence-corrected chi connectivity index (χ0v) is 18.9.